The monoisotopic (exact) mass is 433 g/mol. The van der Waals surface area contributed by atoms with Gasteiger partial charge in [0.1, 0.15) is 17.1 Å². The van der Waals surface area contributed by atoms with Crippen LogP contribution in [0.25, 0.3) is 10.8 Å². The summed E-state index contributed by atoms with van der Waals surface area (Å²) in [6.07, 6.45) is 0. The van der Waals surface area contributed by atoms with Crippen molar-refractivity contribution < 1.29 is 9.53 Å². The van der Waals surface area contributed by atoms with Gasteiger partial charge < -0.3 is 15.4 Å². The van der Waals surface area contributed by atoms with Crippen LogP contribution in [0.3, 0.4) is 0 Å². The molecule has 1 atom stereocenters. The zero-order valence-electron chi connectivity index (χ0n) is 17.8. The third-order valence-electron chi connectivity index (χ3n) is 6.60. The SMILES string of the molecule is Cc1[nH]nc2c1C1(C(=O)N(Cc3cccc4ccccc34)c3ccccc31)C(C#N)=C(N)O2. The summed E-state index contributed by atoms with van der Waals surface area (Å²) in [7, 11) is 0. The molecule has 0 saturated heterocycles. The molecule has 2 aliphatic rings. The summed E-state index contributed by atoms with van der Waals surface area (Å²) in [4.78, 5) is 16.1. The zero-order chi connectivity index (χ0) is 22.7. The van der Waals surface area contributed by atoms with Crippen molar-refractivity contribution in [2.75, 3.05) is 4.90 Å². The fourth-order valence-corrected chi connectivity index (χ4v) is 5.22. The van der Waals surface area contributed by atoms with Gasteiger partial charge in [0.2, 0.25) is 17.7 Å². The molecule has 1 unspecified atom stereocenters. The second-order valence-electron chi connectivity index (χ2n) is 8.28. The highest BCUT2D eigenvalue weighted by atomic mass is 16.5. The molecule has 160 valence electrons. The minimum absolute atomic E-state index is 0.0809. The Labute approximate surface area is 189 Å². The Balaban J connectivity index is 1.61. The standard InChI is InChI=1S/C26H19N5O2/c1-15-22-24(30-29-15)33-23(28)20(13-27)26(22)19-11-4-5-12-21(19)31(25(26)32)14-17-9-6-8-16-7-2-3-10-18(16)17/h2-12H,14,28H2,1H3,(H,29,30). The lowest BCUT2D eigenvalue weighted by molar-refractivity contribution is -0.121. The normalized spacial score (nSPS) is 18.9. The van der Waals surface area contributed by atoms with Gasteiger partial charge in [0.05, 0.1) is 12.1 Å². The van der Waals surface area contributed by atoms with Gasteiger partial charge in [0.25, 0.3) is 0 Å². The highest BCUT2D eigenvalue weighted by Crippen LogP contribution is 2.55. The van der Waals surface area contributed by atoms with E-state index in [0.717, 1.165) is 22.0 Å². The van der Waals surface area contributed by atoms with Crippen molar-refractivity contribution in [2.24, 2.45) is 5.73 Å². The summed E-state index contributed by atoms with van der Waals surface area (Å²) in [5.74, 6) is -0.129. The molecule has 1 aromatic heterocycles. The van der Waals surface area contributed by atoms with Crippen LogP contribution in [0, 0.1) is 18.3 Å². The van der Waals surface area contributed by atoms with E-state index in [0.29, 0.717) is 23.4 Å². The second kappa shape index (κ2) is 6.71. The third-order valence-corrected chi connectivity index (χ3v) is 6.60. The van der Waals surface area contributed by atoms with Crippen LogP contribution in [-0.2, 0) is 16.8 Å². The molecule has 3 heterocycles. The van der Waals surface area contributed by atoms with Crippen LogP contribution in [-0.4, -0.2) is 16.1 Å². The average molecular weight is 433 g/mol. The maximum absolute atomic E-state index is 14.4. The van der Waals surface area contributed by atoms with Crippen LogP contribution in [0.15, 0.2) is 78.2 Å². The molecule has 6 rings (SSSR count). The molecule has 1 spiro atoms. The summed E-state index contributed by atoms with van der Waals surface area (Å²) in [5.41, 5.74) is 8.48. The number of ether oxygens (including phenoxy) is 1. The number of aromatic nitrogens is 2. The summed E-state index contributed by atoms with van der Waals surface area (Å²) < 4.78 is 5.64. The fourth-order valence-electron chi connectivity index (χ4n) is 5.22. The molecule has 0 saturated carbocycles. The number of carbonyl (C=O) groups is 1. The first-order chi connectivity index (χ1) is 16.1. The van der Waals surface area contributed by atoms with Crippen LogP contribution in [0.2, 0.25) is 0 Å². The van der Waals surface area contributed by atoms with Gasteiger partial charge >= 0.3 is 0 Å². The van der Waals surface area contributed by atoms with E-state index in [1.165, 1.54) is 0 Å². The number of benzene rings is 3. The third kappa shape index (κ3) is 2.37. The molecule has 0 radical (unpaired) electrons. The predicted molar refractivity (Wildman–Crippen MR) is 123 cm³/mol. The zero-order valence-corrected chi connectivity index (χ0v) is 17.8. The molecule has 1 amide bonds. The topological polar surface area (TPSA) is 108 Å². The quantitative estimate of drug-likeness (QED) is 0.500. The number of amides is 1. The van der Waals surface area contributed by atoms with Gasteiger partial charge in [-0.2, -0.15) is 5.26 Å². The molecular weight excluding hydrogens is 414 g/mol. The van der Waals surface area contributed by atoms with Gasteiger partial charge in [0, 0.05) is 16.9 Å². The lowest BCUT2D eigenvalue weighted by atomic mass is 9.69. The van der Waals surface area contributed by atoms with E-state index in [1.54, 1.807) is 4.90 Å². The molecule has 3 N–H and O–H groups in total. The van der Waals surface area contributed by atoms with Gasteiger partial charge in [-0.25, -0.2) is 0 Å². The fraction of sp³-hybridized carbons (Fsp3) is 0.115. The predicted octanol–water partition coefficient (Wildman–Crippen LogP) is 3.79. The number of aromatic amines is 1. The highest BCUT2D eigenvalue weighted by Gasteiger charge is 2.60. The Morgan fingerprint density at radius 2 is 1.88 bits per heavy atom. The summed E-state index contributed by atoms with van der Waals surface area (Å²) >= 11 is 0. The number of nitriles is 1. The Kier molecular flexibility index (Phi) is 3.89. The van der Waals surface area contributed by atoms with Crippen molar-refractivity contribution in [3.8, 4) is 11.9 Å². The lowest BCUT2D eigenvalue weighted by Crippen LogP contribution is -2.45. The summed E-state index contributed by atoms with van der Waals surface area (Å²) in [6, 6.07) is 23.9. The van der Waals surface area contributed by atoms with Gasteiger partial charge in [-0.3, -0.25) is 9.89 Å². The number of nitrogens with one attached hydrogen (secondary N) is 1. The van der Waals surface area contributed by atoms with Crippen molar-refractivity contribution in [1.82, 2.24) is 10.2 Å². The highest BCUT2D eigenvalue weighted by molar-refractivity contribution is 6.14. The van der Waals surface area contributed by atoms with Crippen LogP contribution in [0.1, 0.15) is 22.4 Å². The number of hydrogen-bond donors (Lipinski definition) is 2. The molecule has 0 aliphatic carbocycles. The second-order valence-corrected chi connectivity index (χ2v) is 8.28. The van der Waals surface area contributed by atoms with Crippen molar-refractivity contribution in [2.45, 2.75) is 18.9 Å². The van der Waals surface area contributed by atoms with Gasteiger partial charge in [-0.1, -0.05) is 60.7 Å². The van der Waals surface area contributed by atoms with E-state index in [2.05, 4.69) is 34.5 Å². The van der Waals surface area contributed by atoms with E-state index >= 15 is 0 Å². The molecular formula is C26H19N5O2. The molecule has 7 nitrogen and oxygen atoms in total. The van der Waals surface area contributed by atoms with Crippen LogP contribution < -0.4 is 15.4 Å². The van der Waals surface area contributed by atoms with E-state index < -0.39 is 5.41 Å². The number of fused-ring (bicyclic) bond motifs is 5. The molecule has 4 aromatic rings. The Morgan fingerprint density at radius 3 is 2.73 bits per heavy atom. The van der Waals surface area contributed by atoms with Crippen LogP contribution in [0.5, 0.6) is 5.88 Å². The average Bonchev–Trinajstić information content (AvgIpc) is 3.31. The number of hydrogen-bond acceptors (Lipinski definition) is 5. The number of carbonyl (C=O) groups excluding carboxylic acids is 1. The molecule has 0 bridgehead atoms. The molecule has 2 aliphatic heterocycles. The van der Waals surface area contributed by atoms with Crippen molar-refractivity contribution >= 4 is 22.4 Å². The first kappa shape index (κ1) is 19.1. The number of anilines is 1. The van der Waals surface area contributed by atoms with E-state index in [4.69, 9.17) is 10.5 Å². The van der Waals surface area contributed by atoms with Crippen LogP contribution >= 0.6 is 0 Å². The van der Waals surface area contributed by atoms with Gasteiger partial charge in [-0.05, 0) is 29.3 Å². The Morgan fingerprint density at radius 1 is 1.12 bits per heavy atom. The smallest absolute Gasteiger partial charge is 0.248 e. The molecule has 0 fully saturated rings. The number of nitrogens with zero attached hydrogens (tertiary/aromatic N) is 3. The summed E-state index contributed by atoms with van der Waals surface area (Å²) in [6.45, 7) is 2.17. The number of H-pyrrole nitrogens is 1. The number of para-hydroxylation sites is 1. The van der Waals surface area contributed by atoms with Crippen molar-refractivity contribution in [3.05, 3.63) is 101 Å². The largest absolute Gasteiger partial charge is 0.420 e. The number of nitrogens with two attached hydrogens (primary N) is 1. The van der Waals surface area contributed by atoms with Crippen molar-refractivity contribution in [1.29, 1.82) is 5.26 Å². The number of rotatable bonds is 2. The first-order valence-corrected chi connectivity index (χ1v) is 10.6. The lowest BCUT2D eigenvalue weighted by Gasteiger charge is -2.32. The maximum atomic E-state index is 14.4. The molecule has 3 aromatic carbocycles. The van der Waals surface area contributed by atoms with Gasteiger partial charge in [0.15, 0.2) is 0 Å². The van der Waals surface area contributed by atoms with E-state index in [-0.39, 0.29) is 23.2 Å². The van der Waals surface area contributed by atoms with E-state index in [1.807, 2.05) is 55.5 Å². The summed E-state index contributed by atoms with van der Waals surface area (Å²) in [5, 5.41) is 19.4. The number of aryl methyl sites for hydroxylation is 1. The Hall–Kier alpha value is -4.57. The molecule has 7 heteroatoms. The molecule has 33 heavy (non-hydrogen) atoms. The first-order valence-electron chi connectivity index (χ1n) is 10.6. The Bertz CT molecular complexity index is 1540. The van der Waals surface area contributed by atoms with Crippen molar-refractivity contribution in [3.63, 3.8) is 0 Å². The van der Waals surface area contributed by atoms with E-state index in [9.17, 15) is 10.1 Å². The van der Waals surface area contributed by atoms with Crippen LogP contribution in [0.4, 0.5) is 5.69 Å². The maximum Gasteiger partial charge on any atom is 0.248 e. The van der Waals surface area contributed by atoms with Gasteiger partial charge in [-0.15, -0.1) is 5.10 Å². The minimum Gasteiger partial charge on any atom is -0.420 e. The minimum atomic E-state index is -1.41.